The molecule has 33 heavy (non-hydrogen) atoms. The topological polar surface area (TPSA) is 125 Å². The summed E-state index contributed by atoms with van der Waals surface area (Å²) in [6.07, 6.45) is 2.71. The number of aromatic nitrogens is 4. The summed E-state index contributed by atoms with van der Waals surface area (Å²) >= 11 is 1.60. The zero-order valence-corrected chi connectivity index (χ0v) is 19.7. The number of hydrogen-bond acceptors (Lipinski definition) is 8. The van der Waals surface area contributed by atoms with Gasteiger partial charge in [-0.2, -0.15) is 9.61 Å². The van der Waals surface area contributed by atoms with Gasteiger partial charge >= 0.3 is 5.69 Å². The molecule has 0 bridgehead atoms. The molecular formula is C21H24N6O4S2. The fourth-order valence-electron chi connectivity index (χ4n) is 4.35. The van der Waals surface area contributed by atoms with Crippen LogP contribution in [0.15, 0.2) is 35.4 Å². The molecule has 0 atom stereocenters. The number of benzene rings is 1. The first-order valence-corrected chi connectivity index (χ1v) is 13.1. The molecule has 0 spiro atoms. The largest absolute Gasteiger partial charge is 0.497 e. The normalized spacial score (nSPS) is 14.7. The lowest BCUT2D eigenvalue weighted by atomic mass is 10.0. The molecule has 10 nitrogen and oxygen atoms in total. The quantitative estimate of drug-likeness (QED) is 0.414. The number of thiophene rings is 1. The number of methoxy groups -OCH3 is 1. The van der Waals surface area contributed by atoms with E-state index >= 15 is 0 Å². The summed E-state index contributed by atoms with van der Waals surface area (Å²) in [6.45, 7) is 2.58. The minimum Gasteiger partial charge on any atom is -0.497 e. The highest BCUT2D eigenvalue weighted by Gasteiger charge is 2.26. The van der Waals surface area contributed by atoms with Gasteiger partial charge in [-0.1, -0.05) is 12.1 Å². The summed E-state index contributed by atoms with van der Waals surface area (Å²) in [7, 11) is -1.84. The Morgan fingerprint density at radius 1 is 1.24 bits per heavy atom. The molecule has 0 fully saturated rings. The van der Waals surface area contributed by atoms with Crippen LogP contribution in [0.3, 0.4) is 0 Å². The fraction of sp³-hybridized carbons (Fsp3) is 0.381. The molecule has 0 unspecified atom stereocenters. The molecule has 2 N–H and O–H groups in total. The standard InChI is InChI=1S/C21H24N6O4S2/c1-31-15-5-3-14(4-6-15)11-26-20-18(19-23-13-24-27(19)21(26)28)16-7-9-25(12-17(16)32-20)8-2-10-33(22,29)30/h3-6,13H,2,7-12H2,1H3,(H2,22,29,30). The van der Waals surface area contributed by atoms with Gasteiger partial charge in [0.05, 0.1) is 24.8 Å². The average Bonchev–Trinajstić information content (AvgIpc) is 3.40. The molecule has 0 radical (unpaired) electrons. The van der Waals surface area contributed by atoms with Crippen LogP contribution in [0.5, 0.6) is 5.75 Å². The fourth-order valence-corrected chi connectivity index (χ4v) is 6.26. The highest BCUT2D eigenvalue weighted by atomic mass is 32.2. The minimum absolute atomic E-state index is 0.0233. The first-order chi connectivity index (χ1) is 15.8. The van der Waals surface area contributed by atoms with E-state index in [2.05, 4.69) is 15.0 Å². The van der Waals surface area contributed by atoms with Gasteiger partial charge in [-0.15, -0.1) is 11.3 Å². The van der Waals surface area contributed by atoms with Crippen molar-refractivity contribution in [2.75, 3.05) is 26.0 Å². The highest BCUT2D eigenvalue weighted by Crippen LogP contribution is 2.36. The van der Waals surface area contributed by atoms with E-state index in [-0.39, 0.29) is 11.4 Å². The number of sulfonamides is 1. The van der Waals surface area contributed by atoms with Crippen molar-refractivity contribution in [3.8, 4) is 5.75 Å². The average molecular weight is 489 g/mol. The minimum atomic E-state index is -3.46. The SMILES string of the molecule is COc1ccc(Cn2c(=O)n3ncnc3c3c4c(sc32)CN(CCCS(N)(=O)=O)CC4)cc1. The van der Waals surface area contributed by atoms with E-state index in [0.29, 0.717) is 31.7 Å². The van der Waals surface area contributed by atoms with Crippen LogP contribution in [-0.4, -0.2) is 58.4 Å². The Labute approximate surface area is 194 Å². The second-order valence-corrected chi connectivity index (χ2v) is 11.0. The Hall–Kier alpha value is -2.80. The third-order valence-electron chi connectivity index (χ3n) is 5.95. The molecule has 0 aliphatic carbocycles. The summed E-state index contributed by atoms with van der Waals surface area (Å²) in [4.78, 5) is 21.9. The zero-order valence-electron chi connectivity index (χ0n) is 18.1. The van der Waals surface area contributed by atoms with Crippen molar-refractivity contribution in [2.45, 2.75) is 25.9 Å². The lowest BCUT2D eigenvalue weighted by Gasteiger charge is -2.26. The summed E-state index contributed by atoms with van der Waals surface area (Å²) in [5.41, 5.74) is 2.53. The van der Waals surface area contributed by atoms with E-state index < -0.39 is 10.0 Å². The number of ether oxygens (including phenoxy) is 1. The maximum Gasteiger partial charge on any atom is 0.352 e. The summed E-state index contributed by atoms with van der Waals surface area (Å²) in [5, 5.41) is 10.3. The highest BCUT2D eigenvalue weighted by molar-refractivity contribution is 7.89. The van der Waals surface area contributed by atoms with E-state index in [1.807, 2.05) is 24.3 Å². The van der Waals surface area contributed by atoms with Crippen LogP contribution in [0.4, 0.5) is 0 Å². The van der Waals surface area contributed by atoms with Gasteiger partial charge in [0, 0.05) is 18.0 Å². The number of fused-ring (bicyclic) bond motifs is 5. The maximum atomic E-state index is 13.3. The van der Waals surface area contributed by atoms with Crippen molar-refractivity contribution < 1.29 is 13.2 Å². The zero-order chi connectivity index (χ0) is 23.2. The molecule has 3 aromatic heterocycles. The van der Waals surface area contributed by atoms with Crippen molar-refractivity contribution >= 4 is 37.2 Å². The van der Waals surface area contributed by atoms with Crippen LogP contribution in [0.2, 0.25) is 0 Å². The van der Waals surface area contributed by atoms with E-state index in [1.165, 1.54) is 21.3 Å². The Balaban J connectivity index is 1.53. The molecule has 0 amide bonds. The Bertz CT molecular complexity index is 1490. The molecule has 5 rings (SSSR count). The van der Waals surface area contributed by atoms with Gasteiger partial charge in [0.2, 0.25) is 10.0 Å². The van der Waals surface area contributed by atoms with E-state index in [9.17, 15) is 13.2 Å². The predicted octanol–water partition coefficient (Wildman–Crippen LogP) is 1.20. The van der Waals surface area contributed by atoms with Crippen LogP contribution >= 0.6 is 11.3 Å². The van der Waals surface area contributed by atoms with Gasteiger partial charge < -0.3 is 4.74 Å². The Morgan fingerprint density at radius 3 is 2.76 bits per heavy atom. The van der Waals surface area contributed by atoms with Crippen molar-refractivity contribution in [1.82, 2.24) is 24.1 Å². The Morgan fingerprint density at radius 2 is 2.03 bits per heavy atom. The molecule has 174 valence electrons. The lowest BCUT2D eigenvalue weighted by molar-refractivity contribution is 0.259. The van der Waals surface area contributed by atoms with Crippen molar-refractivity contribution in [1.29, 1.82) is 0 Å². The number of primary sulfonamides is 1. The third-order valence-corrected chi connectivity index (χ3v) is 8.05. The first kappa shape index (κ1) is 22.0. The number of rotatable bonds is 7. The summed E-state index contributed by atoms with van der Waals surface area (Å²) < 4.78 is 30.9. The number of hydrogen-bond donors (Lipinski definition) is 1. The van der Waals surface area contributed by atoms with Crippen LogP contribution in [0.1, 0.15) is 22.4 Å². The molecule has 1 aliphatic heterocycles. The molecule has 1 aliphatic rings. The number of nitrogens with zero attached hydrogens (tertiary/aromatic N) is 5. The monoisotopic (exact) mass is 488 g/mol. The molecule has 4 heterocycles. The van der Waals surface area contributed by atoms with Gasteiger partial charge in [0.15, 0.2) is 5.65 Å². The van der Waals surface area contributed by atoms with Crippen LogP contribution in [0.25, 0.3) is 15.9 Å². The molecule has 0 saturated carbocycles. The van der Waals surface area contributed by atoms with Gasteiger partial charge in [-0.05, 0) is 42.6 Å². The van der Waals surface area contributed by atoms with E-state index in [1.54, 1.807) is 23.0 Å². The van der Waals surface area contributed by atoms with Crippen LogP contribution in [0, 0.1) is 0 Å². The second kappa shape index (κ2) is 8.52. The summed E-state index contributed by atoms with van der Waals surface area (Å²) in [5.74, 6) is 0.738. The molecule has 1 aromatic carbocycles. The predicted molar refractivity (Wildman–Crippen MR) is 126 cm³/mol. The first-order valence-electron chi connectivity index (χ1n) is 10.6. The summed E-state index contributed by atoms with van der Waals surface area (Å²) in [6, 6.07) is 7.65. The molecular weight excluding hydrogens is 464 g/mol. The molecule has 12 heteroatoms. The van der Waals surface area contributed by atoms with Gasteiger partial charge in [0.25, 0.3) is 0 Å². The number of nitrogens with two attached hydrogens (primary N) is 1. The molecule has 0 saturated heterocycles. The van der Waals surface area contributed by atoms with Gasteiger partial charge in [-0.3, -0.25) is 9.47 Å². The van der Waals surface area contributed by atoms with Crippen LogP contribution in [-0.2, 0) is 29.5 Å². The third kappa shape index (κ3) is 4.26. The maximum absolute atomic E-state index is 13.3. The van der Waals surface area contributed by atoms with Gasteiger partial charge in [0.1, 0.15) is 16.9 Å². The van der Waals surface area contributed by atoms with Crippen molar-refractivity contribution in [3.05, 3.63) is 57.1 Å². The van der Waals surface area contributed by atoms with Crippen molar-refractivity contribution in [3.63, 3.8) is 0 Å². The lowest BCUT2D eigenvalue weighted by Crippen LogP contribution is -2.32. The van der Waals surface area contributed by atoms with E-state index in [4.69, 9.17) is 9.88 Å². The van der Waals surface area contributed by atoms with Crippen molar-refractivity contribution in [2.24, 2.45) is 5.14 Å². The van der Waals surface area contributed by atoms with Crippen LogP contribution < -0.4 is 15.6 Å². The smallest absolute Gasteiger partial charge is 0.352 e. The molecule has 4 aromatic rings. The van der Waals surface area contributed by atoms with E-state index in [0.717, 1.165) is 34.5 Å². The van der Waals surface area contributed by atoms with Gasteiger partial charge in [-0.25, -0.2) is 23.3 Å². The Kier molecular flexibility index (Phi) is 5.69. The second-order valence-electron chi connectivity index (χ2n) is 8.14.